The SMILES string of the molecule is CCC(C)c1ccccc1NC(=O)CCCC(=O)N(C)c1ccccc1. The van der Waals surface area contributed by atoms with Gasteiger partial charge in [0.2, 0.25) is 11.8 Å². The summed E-state index contributed by atoms with van der Waals surface area (Å²) < 4.78 is 0. The summed E-state index contributed by atoms with van der Waals surface area (Å²) in [4.78, 5) is 26.2. The molecule has 0 aliphatic rings. The molecule has 4 nitrogen and oxygen atoms in total. The number of carbonyl (C=O) groups is 2. The van der Waals surface area contributed by atoms with Gasteiger partial charge in [-0.15, -0.1) is 0 Å². The summed E-state index contributed by atoms with van der Waals surface area (Å²) in [6.45, 7) is 4.29. The van der Waals surface area contributed by atoms with Crippen LogP contribution < -0.4 is 10.2 Å². The monoisotopic (exact) mass is 352 g/mol. The van der Waals surface area contributed by atoms with Crippen LogP contribution in [0.2, 0.25) is 0 Å². The number of carbonyl (C=O) groups excluding carboxylic acids is 2. The fraction of sp³-hybridized carbons (Fsp3) is 0.364. The van der Waals surface area contributed by atoms with E-state index in [0.717, 1.165) is 23.4 Å². The second kappa shape index (κ2) is 9.76. The molecule has 0 saturated carbocycles. The van der Waals surface area contributed by atoms with Crippen LogP contribution in [0.3, 0.4) is 0 Å². The largest absolute Gasteiger partial charge is 0.326 e. The number of rotatable bonds is 8. The predicted octanol–water partition coefficient (Wildman–Crippen LogP) is 4.97. The summed E-state index contributed by atoms with van der Waals surface area (Å²) in [6.07, 6.45) is 2.25. The van der Waals surface area contributed by atoms with Crippen LogP contribution in [0.25, 0.3) is 0 Å². The normalized spacial score (nSPS) is 11.7. The Labute approximate surface area is 156 Å². The van der Waals surface area contributed by atoms with Crippen LogP contribution in [-0.2, 0) is 9.59 Å². The van der Waals surface area contributed by atoms with Gasteiger partial charge in [-0.3, -0.25) is 9.59 Å². The first-order chi connectivity index (χ1) is 12.5. The number of para-hydroxylation sites is 2. The molecule has 26 heavy (non-hydrogen) atoms. The molecule has 1 N–H and O–H groups in total. The molecule has 0 bridgehead atoms. The molecule has 0 radical (unpaired) electrons. The zero-order chi connectivity index (χ0) is 18.9. The molecule has 0 heterocycles. The Kier molecular flexibility index (Phi) is 7.39. The number of hydrogen-bond acceptors (Lipinski definition) is 2. The molecular weight excluding hydrogens is 324 g/mol. The van der Waals surface area contributed by atoms with Crippen molar-refractivity contribution in [3.63, 3.8) is 0 Å². The highest BCUT2D eigenvalue weighted by Gasteiger charge is 2.13. The molecule has 138 valence electrons. The summed E-state index contributed by atoms with van der Waals surface area (Å²) in [5.74, 6) is 0.368. The van der Waals surface area contributed by atoms with Gasteiger partial charge in [0.1, 0.15) is 0 Å². The molecule has 1 unspecified atom stereocenters. The second-order valence-electron chi connectivity index (χ2n) is 6.59. The number of benzene rings is 2. The first-order valence-electron chi connectivity index (χ1n) is 9.23. The summed E-state index contributed by atoms with van der Waals surface area (Å²) in [5.41, 5.74) is 2.90. The molecule has 4 heteroatoms. The second-order valence-corrected chi connectivity index (χ2v) is 6.59. The molecule has 0 saturated heterocycles. The van der Waals surface area contributed by atoms with Gasteiger partial charge in [0.15, 0.2) is 0 Å². The van der Waals surface area contributed by atoms with E-state index in [1.807, 2.05) is 48.5 Å². The van der Waals surface area contributed by atoms with Crippen LogP contribution in [0.15, 0.2) is 54.6 Å². The number of nitrogens with zero attached hydrogens (tertiary/aromatic N) is 1. The minimum absolute atomic E-state index is 0.0176. The number of anilines is 2. The maximum absolute atomic E-state index is 12.3. The Morgan fingerprint density at radius 2 is 1.65 bits per heavy atom. The fourth-order valence-electron chi connectivity index (χ4n) is 2.84. The summed E-state index contributed by atoms with van der Waals surface area (Å²) in [5, 5.41) is 3.00. The molecule has 0 spiro atoms. The van der Waals surface area contributed by atoms with Gasteiger partial charge in [0.05, 0.1) is 0 Å². The maximum atomic E-state index is 12.3. The number of amides is 2. The van der Waals surface area contributed by atoms with Crippen molar-refractivity contribution in [3.8, 4) is 0 Å². The molecule has 2 amide bonds. The Morgan fingerprint density at radius 1 is 1.00 bits per heavy atom. The van der Waals surface area contributed by atoms with Crippen molar-refractivity contribution in [1.82, 2.24) is 0 Å². The Morgan fingerprint density at radius 3 is 2.35 bits per heavy atom. The van der Waals surface area contributed by atoms with Crippen LogP contribution in [-0.4, -0.2) is 18.9 Å². The highest BCUT2D eigenvalue weighted by Crippen LogP contribution is 2.26. The van der Waals surface area contributed by atoms with Crippen molar-refractivity contribution in [2.45, 2.75) is 45.4 Å². The summed E-state index contributed by atoms with van der Waals surface area (Å²) >= 11 is 0. The third kappa shape index (κ3) is 5.45. The zero-order valence-electron chi connectivity index (χ0n) is 15.9. The predicted molar refractivity (Wildman–Crippen MR) is 107 cm³/mol. The van der Waals surface area contributed by atoms with Crippen molar-refractivity contribution in [1.29, 1.82) is 0 Å². The molecule has 2 aromatic rings. The molecular formula is C22H28N2O2. The van der Waals surface area contributed by atoms with Crippen LogP contribution in [0.1, 0.15) is 51.0 Å². The van der Waals surface area contributed by atoms with Gasteiger partial charge >= 0.3 is 0 Å². The lowest BCUT2D eigenvalue weighted by molar-refractivity contribution is -0.118. The van der Waals surface area contributed by atoms with E-state index in [2.05, 4.69) is 25.2 Å². The molecule has 0 aliphatic heterocycles. The maximum Gasteiger partial charge on any atom is 0.226 e. The first-order valence-corrected chi connectivity index (χ1v) is 9.23. The van der Waals surface area contributed by atoms with Gasteiger partial charge in [-0.2, -0.15) is 0 Å². The minimum atomic E-state index is -0.0454. The van der Waals surface area contributed by atoms with Crippen molar-refractivity contribution >= 4 is 23.2 Å². The van der Waals surface area contributed by atoms with Gasteiger partial charge in [0, 0.05) is 31.3 Å². The van der Waals surface area contributed by atoms with Crippen LogP contribution >= 0.6 is 0 Å². The molecule has 1 atom stereocenters. The third-order valence-corrected chi connectivity index (χ3v) is 4.69. The highest BCUT2D eigenvalue weighted by atomic mass is 16.2. The molecule has 2 rings (SSSR count). The first kappa shape index (κ1) is 19.7. The van der Waals surface area contributed by atoms with E-state index in [9.17, 15) is 9.59 Å². The fourth-order valence-corrected chi connectivity index (χ4v) is 2.84. The minimum Gasteiger partial charge on any atom is -0.326 e. The lowest BCUT2D eigenvalue weighted by Gasteiger charge is -2.17. The molecule has 0 aromatic heterocycles. The van der Waals surface area contributed by atoms with Crippen molar-refractivity contribution in [2.24, 2.45) is 0 Å². The van der Waals surface area contributed by atoms with E-state index in [1.54, 1.807) is 11.9 Å². The molecule has 2 aromatic carbocycles. The summed E-state index contributed by atoms with van der Waals surface area (Å²) in [7, 11) is 1.76. The van der Waals surface area contributed by atoms with Crippen molar-refractivity contribution in [2.75, 3.05) is 17.3 Å². The van der Waals surface area contributed by atoms with Gasteiger partial charge in [-0.05, 0) is 42.5 Å². The van der Waals surface area contributed by atoms with Crippen LogP contribution in [0.5, 0.6) is 0 Å². The van der Waals surface area contributed by atoms with Gasteiger partial charge in [-0.25, -0.2) is 0 Å². The van der Waals surface area contributed by atoms with Crippen molar-refractivity contribution < 1.29 is 9.59 Å². The Bertz CT molecular complexity index is 728. The number of nitrogens with one attached hydrogen (secondary N) is 1. The summed E-state index contributed by atoms with van der Waals surface area (Å²) in [6, 6.07) is 17.4. The van der Waals surface area contributed by atoms with E-state index in [0.29, 0.717) is 25.2 Å². The van der Waals surface area contributed by atoms with Gasteiger partial charge in [-0.1, -0.05) is 50.2 Å². The Balaban J connectivity index is 1.83. The topological polar surface area (TPSA) is 49.4 Å². The zero-order valence-corrected chi connectivity index (χ0v) is 15.9. The van der Waals surface area contributed by atoms with E-state index in [1.165, 1.54) is 0 Å². The van der Waals surface area contributed by atoms with E-state index in [-0.39, 0.29) is 11.8 Å². The lowest BCUT2D eigenvalue weighted by atomic mass is 9.97. The highest BCUT2D eigenvalue weighted by molar-refractivity contribution is 5.94. The molecule has 0 aliphatic carbocycles. The third-order valence-electron chi connectivity index (χ3n) is 4.69. The average Bonchev–Trinajstić information content (AvgIpc) is 2.67. The smallest absolute Gasteiger partial charge is 0.226 e. The van der Waals surface area contributed by atoms with Crippen LogP contribution in [0, 0.1) is 0 Å². The number of hydrogen-bond donors (Lipinski definition) is 1. The van der Waals surface area contributed by atoms with Gasteiger partial charge in [0.25, 0.3) is 0 Å². The van der Waals surface area contributed by atoms with E-state index in [4.69, 9.17) is 0 Å². The van der Waals surface area contributed by atoms with Crippen LogP contribution in [0.4, 0.5) is 11.4 Å². The average molecular weight is 352 g/mol. The van der Waals surface area contributed by atoms with Gasteiger partial charge < -0.3 is 10.2 Å². The Hall–Kier alpha value is -2.62. The molecule has 0 fully saturated rings. The van der Waals surface area contributed by atoms with Crippen molar-refractivity contribution in [3.05, 3.63) is 60.2 Å². The van der Waals surface area contributed by atoms with E-state index < -0.39 is 0 Å². The quantitative estimate of drug-likeness (QED) is 0.729. The standard InChI is InChI=1S/C22H28N2O2/c1-4-17(2)19-13-8-9-14-20(19)23-21(25)15-10-16-22(26)24(3)18-11-6-5-7-12-18/h5-9,11-14,17H,4,10,15-16H2,1-3H3,(H,23,25). The van der Waals surface area contributed by atoms with E-state index >= 15 is 0 Å². The lowest BCUT2D eigenvalue weighted by Crippen LogP contribution is -2.26.